The maximum Gasteiger partial charge on any atom is 0.327 e. The molecule has 6 nitrogen and oxygen atoms in total. The highest BCUT2D eigenvalue weighted by atomic mass is 16.4. The van der Waals surface area contributed by atoms with Gasteiger partial charge in [0.05, 0.1) is 5.69 Å². The van der Waals surface area contributed by atoms with Crippen LogP contribution in [-0.4, -0.2) is 35.0 Å². The summed E-state index contributed by atoms with van der Waals surface area (Å²) in [6.45, 7) is 1.36. The molecule has 3 rings (SSSR count). The molecule has 1 aromatic carbocycles. The van der Waals surface area contributed by atoms with Crippen molar-refractivity contribution in [1.29, 1.82) is 0 Å². The first-order valence-corrected chi connectivity index (χ1v) is 6.93. The zero-order chi connectivity index (χ0) is 15.1. The third-order valence-electron chi connectivity index (χ3n) is 4.07. The fraction of sp³-hybridized carbons (Fsp3) is 0.400. The second-order valence-electron chi connectivity index (χ2n) is 5.48. The summed E-state index contributed by atoms with van der Waals surface area (Å²) in [5, 5.41) is 12.0. The van der Waals surface area contributed by atoms with Gasteiger partial charge in [-0.3, -0.25) is 14.5 Å². The van der Waals surface area contributed by atoms with Gasteiger partial charge >= 0.3 is 5.97 Å². The van der Waals surface area contributed by atoms with Gasteiger partial charge < -0.3 is 10.4 Å². The Morgan fingerprint density at radius 3 is 2.71 bits per heavy atom. The topological polar surface area (TPSA) is 86.7 Å². The molecule has 2 amide bonds. The van der Waals surface area contributed by atoms with Crippen molar-refractivity contribution in [2.24, 2.45) is 0 Å². The number of carbonyl (C=O) groups is 3. The number of amides is 2. The molecule has 0 unspecified atom stereocenters. The van der Waals surface area contributed by atoms with Gasteiger partial charge in [-0.25, -0.2) is 4.79 Å². The lowest BCUT2D eigenvalue weighted by Gasteiger charge is -2.25. The van der Waals surface area contributed by atoms with Gasteiger partial charge in [0.1, 0.15) is 12.1 Å². The van der Waals surface area contributed by atoms with E-state index in [0.29, 0.717) is 19.3 Å². The number of anilines is 1. The van der Waals surface area contributed by atoms with Crippen molar-refractivity contribution < 1.29 is 19.5 Å². The molecule has 2 atom stereocenters. The van der Waals surface area contributed by atoms with Crippen LogP contribution in [-0.2, 0) is 27.2 Å². The first-order valence-electron chi connectivity index (χ1n) is 6.93. The summed E-state index contributed by atoms with van der Waals surface area (Å²) in [5.41, 5.74) is 2.58. The minimum absolute atomic E-state index is 0.286. The molecule has 0 saturated carbocycles. The molecule has 0 radical (unpaired) electrons. The molecule has 1 aromatic rings. The Balaban J connectivity index is 2.06. The molecule has 21 heavy (non-hydrogen) atoms. The van der Waals surface area contributed by atoms with Gasteiger partial charge in [0, 0.05) is 13.3 Å². The number of benzene rings is 1. The van der Waals surface area contributed by atoms with E-state index in [1.807, 2.05) is 18.2 Å². The number of para-hydroxylation sites is 1. The average molecular weight is 288 g/mol. The highest BCUT2D eigenvalue weighted by Gasteiger charge is 2.43. The van der Waals surface area contributed by atoms with Crippen LogP contribution in [0.15, 0.2) is 18.2 Å². The third kappa shape index (κ3) is 2.16. The van der Waals surface area contributed by atoms with E-state index in [9.17, 15) is 19.5 Å². The molecule has 0 aliphatic carbocycles. The van der Waals surface area contributed by atoms with Gasteiger partial charge in [0.15, 0.2) is 0 Å². The van der Waals surface area contributed by atoms with Gasteiger partial charge in [-0.15, -0.1) is 0 Å². The molecule has 2 aliphatic heterocycles. The summed E-state index contributed by atoms with van der Waals surface area (Å²) in [6, 6.07) is 4.12. The average Bonchev–Trinajstić information content (AvgIpc) is 2.76. The van der Waals surface area contributed by atoms with Crippen molar-refractivity contribution in [2.75, 3.05) is 4.90 Å². The normalized spacial score (nSPS) is 23.5. The molecule has 6 heteroatoms. The summed E-state index contributed by atoms with van der Waals surface area (Å²) in [6.07, 6.45) is 1.44. The van der Waals surface area contributed by atoms with Crippen LogP contribution in [0.3, 0.4) is 0 Å². The lowest BCUT2D eigenvalue weighted by Crippen LogP contribution is -2.52. The highest BCUT2D eigenvalue weighted by molar-refractivity contribution is 6.06. The maximum atomic E-state index is 12.7. The number of carbonyl (C=O) groups excluding carboxylic acids is 2. The molecule has 2 N–H and O–H groups in total. The number of aryl methyl sites for hydroxylation is 1. The van der Waals surface area contributed by atoms with Crippen molar-refractivity contribution >= 4 is 23.5 Å². The zero-order valence-corrected chi connectivity index (χ0v) is 11.6. The van der Waals surface area contributed by atoms with Crippen LogP contribution in [0.25, 0.3) is 0 Å². The van der Waals surface area contributed by atoms with E-state index < -0.39 is 18.1 Å². The van der Waals surface area contributed by atoms with Crippen LogP contribution in [0, 0.1) is 0 Å². The van der Waals surface area contributed by atoms with E-state index in [1.165, 1.54) is 11.8 Å². The van der Waals surface area contributed by atoms with Crippen LogP contribution in [0.5, 0.6) is 0 Å². The largest absolute Gasteiger partial charge is 0.480 e. The summed E-state index contributed by atoms with van der Waals surface area (Å²) in [7, 11) is 0. The SMILES string of the molecule is CC(=O)N[C@H]1CCc2cccc3c2N(C1=O)[C@H](C(=O)O)C3. The maximum absolute atomic E-state index is 12.7. The Hall–Kier alpha value is -2.37. The molecule has 0 aromatic heterocycles. The second-order valence-corrected chi connectivity index (χ2v) is 5.48. The fourth-order valence-corrected chi connectivity index (χ4v) is 3.21. The van der Waals surface area contributed by atoms with Gasteiger partial charge in [-0.1, -0.05) is 18.2 Å². The van der Waals surface area contributed by atoms with E-state index in [2.05, 4.69) is 5.32 Å². The van der Waals surface area contributed by atoms with E-state index in [0.717, 1.165) is 16.8 Å². The lowest BCUT2D eigenvalue weighted by atomic mass is 10.0. The number of hydrogen-bond acceptors (Lipinski definition) is 3. The third-order valence-corrected chi connectivity index (χ3v) is 4.07. The van der Waals surface area contributed by atoms with Crippen molar-refractivity contribution in [3.8, 4) is 0 Å². The van der Waals surface area contributed by atoms with Gasteiger partial charge in [-0.05, 0) is 24.0 Å². The predicted octanol–water partition coefficient (Wildman–Crippen LogP) is 0.480. The lowest BCUT2D eigenvalue weighted by molar-refractivity contribution is -0.140. The first kappa shape index (κ1) is 13.6. The molecular formula is C15H16N2O4. The Kier molecular flexibility index (Phi) is 3.16. The van der Waals surface area contributed by atoms with Crippen LogP contribution < -0.4 is 10.2 Å². The standard InChI is InChI=1S/C15H16N2O4/c1-8(18)16-11-6-5-9-3-2-4-10-7-12(15(20)21)17(13(9)10)14(11)19/h2-4,11-12H,5-7H2,1H3,(H,16,18)(H,20,21)/t11-,12-/m0/s1. The number of rotatable bonds is 2. The quantitative estimate of drug-likeness (QED) is 0.828. The predicted molar refractivity (Wildman–Crippen MR) is 75.0 cm³/mol. The molecule has 0 spiro atoms. The van der Waals surface area contributed by atoms with Gasteiger partial charge in [0.2, 0.25) is 11.8 Å². The Morgan fingerprint density at radius 2 is 2.05 bits per heavy atom. The summed E-state index contributed by atoms with van der Waals surface area (Å²) in [5.74, 6) is -1.64. The monoisotopic (exact) mass is 288 g/mol. The zero-order valence-electron chi connectivity index (χ0n) is 11.6. The molecular weight excluding hydrogens is 272 g/mol. The summed E-state index contributed by atoms with van der Waals surface area (Å²) >= 11 is 0. The number of nitrogens with zero attached hydrogens (tertiary/aromatic N) is 1. The number of aliphatic carboxylic acids is 1. The number of carboxylic acid groups (broad SMARTS) is 1. The number of hydrogen-bond donors (Lipinski definition) is 2. The van der Waals surface area contributed by atoms with Crippen LogP contribution in [0.4, 0.5) is 5.69 Å². The Morgan fingerprint density at radius 1 is 1.33 bits per heavy atom. The van der Waals surface area contributed by atoms with E-state index >= 15 is 0 Å². The van der Waals surface area contributed by atoms with Gasteiger partial charge in [0.25, 0.3) is 0 Å². The first-order chi connectivity index (χ1) is 9.99. The van der Waals surface area contributed by atoms with Crippen LogP contribution in [0.2, 0.25) is 0 Å². The van der Waals surface area contributed by atoms with E-state index in [1.54, 1.807) is 0 Å². The molecule has 0 fully saturated rings. The Bertz CT molecular complexity index is 641. The van der Waals surface area contributed by atoms with Crippen molar-refractivity contribution in [3.63, 3.8) is 0 Å². The molecule has 0 bridgehead atoms. The summed E-state index contributed by atoms with van der Waals surface area (Å²) in [4.78, 5) is 36.8. The Labute approximate surface area is 121 Å². The molecule has 2 aliphatic rings. The fourth-order valence-electron chi connectivity index (χ4n) is 3.21. The minimum Gasteiger partial charge on any atom is -0.480 e. The smallest absolute Gasteiger partial charge is 0.327 e. The van der Waals surface area contributed by atoms with Crippen LogP contribution >= 0.6 is 0 Å². The molecule has 0 saturated heterocycles. The minimum atomic E-state index is -1.02. The van der Waals surface area contributed by atoms with E-state index in [4.69, 9.17) is 0 Å². The second kappa shape index (κ2) is 4.87. The van der Waals surface area contributed by atoms with Crippen molar-refractivity contribution in [3.05, 3.63) is 29.3 Å². The molecule has 2 heterocycles. The van der Waals surface area contributed by atoms with Crippen LogP contribution in [0.1, 0.15) is 24.5 Å². The molecule has 110 valence electrons. The summed E-state index contributed by atoms with van der Waals surface area (Å²) < 4.78 is 0. The van der Waals surface area contributed by atoms with Crippen molar-refractivity contribution in [1.82, 2.24) is 5.32 Å². The van der Waals surface area contributed by atoms with Crippen molar-refractivity contribution in [2.45, 2.75) is 38.3 Å². The van der Waals surface area contributed by atoms with E-state index in [-0.39, 0.29) is 11.8 Å². The van der Waals surface area contributed by atoms with Gasteiger partial charge in [-0.2, -0.15) is 0 Å². The number of carboxylic acids is 1. The highest BCUT2D eigenvalue weighted by Crippen LogP contribution is 2.38. The number of nitrogens with one attached hydrogen (secondary N) is 1.